The van der Waals surface area contributed by atoms with Gasteiger partial charge in [0.25, 0.3) is 11.8 Å². The van der Waals surface area contributed by atoms with E-state index >= 15 is 0 Å². The highest BCUT2D eigenvalue weighted by Gasteiger charge is 2.19. The molecule has 0 atom stereocenters. The number of likely N-dealkylation sites (N-methyl/N-ethyl adjacent to an activating group) is 1. The molecule has 8 nitrogen and oxygen atoms in total. The fourth-order valence-corrected chi connectivity index (χ4v) is 4.34. The van der Waals surface area contributed by atoms with Crippen LogP contribution < -0.4 is 15.4 Å². The molecule has 2 amide bonds. The molecule has 34 heavy (non-hydrogen) atoms. The molecular weight excluding hydrogens is 450 g/mol. The molecule has 0 spiro atoms. The third-order valence-corrected chi connectivity index (χ3v) is 6.17. The molecule has 0 saturated carbocycles. The van der Waals surface area contributed by atoms with Crippen LogP contribution in [0.5, 0.6) is 5.75 Å². The van der Waals surface area contributed by atoms with E-state index in [-0.39, 0.29) is 24.5 Å². The van der Waals surface area contributed by atoms with Crippen molar-refractivity contribution < 1.29 is 14.3 Å². The van der Waals surface area contributed by atoms with Crippen molar-refractivity contribution >= 4 is 39.9 Å². The monoisotopic (exact) mass is 477 g/mol. The molecule has 2 N–H and O–H groups in total. The van der Waals surface area contributed by atoms with Crippen LogP contribution in [0.4, 0.5) is 5.69 Å². The van der Waals surface area contributed by atoms with Crippen molar-refractivity contribution in [3.8, 4) is 16.3 Å². The first-order chi connectivity index (χ1) is 16.4. The minimum absolute atomic E-state index is 0.0562. The van der Waals surface area contributed by atoms with Crippen molar-refractivity contribution in [3.63, 3.8) is 0 Å². The van der Waals surface area contributed by atoms with Gasteiger partial charge in [0, 0.05) is 23.2 Å². The van der Waals surface area contributed by atoms with Gasteiger partial charge in [0.1, 0.15) is 5.75 Å². The van der Waals surface area contributed by atoms with Gasteiger partial charge in [-0.05, 0) is 70.2 Å². The lowest BCUT2D eigenvalue weighted by atomic mass is 10.1. The summed E-state index contributed by atoms with van der Waals surface area (Å²) in [6, 6.07) is 12.9. The largest absolute Gasteiger partial charge is 0.484 e. The molecule has 0 aliphatic rings. The number of nitrogens with zero attached hydrogens (tertiary/aromatic N) is 3. The van der Waals surface area contributed by atoms with E-state index in [4.69, 9.17) is 9.72 Å². The van der Waals surface area contributed by atoms with Gasteiger partial charge in [-0.2, -0.15) is 5.10 Å². The molecule has 0 fully saturated rings. The Morgan fingerprint density at radius 1 is 1.15 bits per heavy atom. The number of aryl methyl sites for hydroxylation is 1. The first kappa shape index (κ1) is 23.4. The van der Waals surface area contributed by atoms with Crippen molar-refractivity contribution in [1.29, 1.82) is 0 Å². The van der Waals surface area contributed by atoms with Crippen LogP contribution in [0.25, 0.3) is 21.6 Å². The second-order valence-corrected chi connectivity index (χ2v) is 9.39. The van der Waals surface area contributed by atoms with Crippen molar-refractivity contribution in [2.24, 2.45) is 0 Å². The summed E-state index contributed by atoms with van der Waals surface area (Å²) in [7, 11) is 0. The van der Waals surface area contributed by atoms with E-state index in [2.05, 4.69) is 15.7 Å². The third-order valence-electron chi connectivity index (χ3n) is 5.15. The Hall–Kier alpha value is -3.72. The quantitative estimate of drug-likeness (QED) is 0.379. The summed E-state index contributed by atoms with van der Waals surface area (Å²) >= 11 is 1.64. The summed E-state index contributed by atoms with van der Waals surface area (Å²) in [4.78, 5) is 31.9. The second-order valence-electron chi connectivity index (χ2n) is 8.11. The van der Waals surface area contributed by atoms with Gasteiger partial charge in [0.2, 0.25) is 0 Å². The van der Waals surface area contributed by atoms with Gasteiger partial charge in [-0.25, -0.2) is 9.67 Å². The molecule has 1 aromatic carbocycles. The minimum atomic E-state index is -0.249. The van der Waals surface area contributed by atoms with Crippen LogP contribution in [0.15, 0.2) is 48.7 Å². The summed E-state index contributed by atoms with van der Waals surface area (Å²) in [5.41, 5.74) is 2.55. The summed E-state index contributed by atoms with van der Waals surface area (Å²) in [5.74, 6) is 0.116. The highest BCUT2D eigenvalue weighted by Crippen LogP contribution is 2.31. The number of hydrogen-bond acceptors (Lipinski definition) is 6. The lowest BCUT2D eigenvalue weighted by molar-refractivity contribution is -0.122. The first-order valence-corrected chi connectivity index (χ1v) is 11.9. The second kappa shape index (κ2) is 10.0. The third kappa shape index (κ3) is 5.09. The summed E-state index contributed by atoms with van der Waals surface area (Å²) in [5, 5.41) is 10.8. The molecule has 0 radical (unpaired) electrons. The zero-order chi connectivity index (χ0) is 24.2. The SMILES string of the molecule is CCNC(=O)COc1ccc(NC(=O)c2cc(-c3ccc(C)s3)nc3c2cnn3C(C)C)cc1. The van der Waals surface area contributed by atoms with Crippen molar-refractivity contribution in [1.82, 2.24) is 20.1 Å². The molecule has 3 aromatic heterocycles. The van der Waals surface area contributed by atoms with Crippen LogP contribution in [0, 0.1) is 6.92 Å². The number of aromatic nitrogens is 3. The Morgan fingerprint density at radius 3 is 2.56 bits per heavy atom. The van der Waals surface area contributed by atoms with E-state index in [9.17, 15) is 9.59 Å². The van der Waals surface area contributed by atoms with E-state index in [0.29, 0.717) is 34.6 Å². The molecule has 4 aromatic rings. The average Bonchev–Trinajstić information content (AvgIpc) is 3.44. The van der Waals surface area contributed by atoms with Gasteiger partial charge in [0.05, 0.1) is 27.7 Å². The number of amides is 2. The maximum Gasteiger partial charge on any atom is 0.257 e. The Labute approximate surface area is 202 Å². The lowest BCUT2D eigenvalue weighted by Gasteiger charge is -2.11. The molecule has 3 heterocycles. The van der Waals surface area contributed by atoms with Gasteiger partial charge >= 0.3 is 0 Å². The van der Waals surface area contributed by atoms with Gasteiger partial charge < -0.3 is 15.4 Å². The Kier molecular flexibility index (Phi) is 6.93. The topological polar surface area (TPSA) is 98.1 Å². The standard InChI is InChI=1S/C25H27N5O3S/c1-5-26-23(31)14-33-18-9-7-17(8-10-18)28-25(32)19-12-21(22-11-6-16(4)34-22)29-24-20(19)13-27-30(24)15(2)3/h6-13,15H,5,14H2,1-4H3,(H,26,31)(H,28,32). The lowest BCUT2D eigenvalue weighted by Crippen LogP contribution is -2.28. The Bertz CT molecular complexity index is 1320. The van der Waals surface area contributed by atoms with Gasteiger partial charge in [-0.1, -0.05) is 0 Å². The zero-order valence-electron chi connectivity index (χ0n) is 19.6. The molecule has 9 heteroatoms. The predicted octanol–water partition coefficient (Wildman–Crippen LogP) is 4.82. The van der Waals surface area contributed by atoms with Crippen molar-refractivity contribution in [2.75, 3.05) is 18.5 Å². The predicted molar refractivity (Wildman–Crippen MR) is 135 cm³/mol. The number of hydrogen-bond donors (Lipinski definition) is 2. The van der Waals surface area contributed by atoms with Gasteiger partial charge in [-0.15, -0.1) is 11.3 Å². The number of pyridine rings is 1. The van der Waals surface area contributed by atoms with Gasteiger partial charge in [-0.3, -0.25) is 9.59 Å². The highest BCUT2D eigenvalue weighted by atomic mass is 32.1. The minimum Gasteiger partial charge on any atom is -0.484 e. The van der Waals surface area contributed by atoms with Crippen LogP contribution >= 0.6 is 11.3 Å². The van der Waals surface area contributed by atoms with E-state index < -0.39 is 0 Å². The number of carbonyl (C=O) groups is 2. The summed E-state index contributed by atoms with van der Waals surface area (Å²) in [6.07, 6.45) is 1.69. The van der Waals surface area contributed by atoms with Crippen LogP contribution in [0.2, 0.25) is 0 Å². The number of fused-ring (bicyclic) bond motifs is 1. The molecule has 0 unspecified atom stereocenters. The normalized spacial score (nSPS) is 11.1. The fraction of sp³-hybridized carbons (Fsp3) is 0.280. The highest BCUT2D eigenvalue weighted by molar-refractivity contribution is 7.15. The molecule has 4 rings (SSSR count). The van der Waals surface area contributed by atoms with E-state index in [0.717, 1.165) is 10.6 Å². The molecule has 0 aliphatic carbocycles. The van der Waals surface area contributed by atoms with E-state index in [1.54, 1.807) is 41.8 Å². The number of nitrogens with one attached hydrogen (secondary N) is 2. The number of carbonyl (C=O) groups excluding carboxylic acids is 2. The number of anilines is 1. The molecule has 0 bridgehead atoms. The maximum atomic E-state index is 13.3. The van der Waals surface area contributed by atoms with Crippen molar-refractivity contribution in [2.45, 2.75) is 33.7 Å². The number of thiophene rings is 1. The van der Waals surface area contributed by atoms with E-state index in [1.807, 2.05) is 50.6 Å². The number of benzene rings is 1. The number of rotatable bonds is 8. The zero-order valence-corrected chi connectivity index (χ0v) is 20.4. The van der Waals surface area contributed by atoms with Crippen LogP contribution in [-0.2, 0) is 4.79 Å². The molecular formula is C25H27N5O3S. The smallest absolute Gasteiger partial charge is 0.257 e. The Balaban J connectivity index is 1.60. The Morgan fingerprint density at radius 2 is 1.91 bits per heavy atom. The van der Waals surface area contributed by atoms with Crippen LogP contribution in [0.1, 0.15) is 42.0 Å². The van der Waals surface area contributed by atoms with E-state index in [1.165, 1.54) is 4.88 Å². The first-order valence-electron chi connectivity index (χ1n) is 11.1. The summed E-state index contributed by atoms with van der Waals surface area (Å²) in [6.45, 7) is 8.46. The average molecular weight is 478 g/mol. The van der Waals surface area contributed by atoms with Crippen molar-refractivity contribution in [3.05, 3.63) is 59.1 Å². The fourth-order valence-electron chi connectivity index (χ4n) is 3.51. The molecule has 176 valence electrons. The molecule has 0 aliphatic heterocycles. The van der Waals surface area contributed by atoms with Crippen LogP contribution in [-0.4, -0.2) is 39.7 Å². The maximum absolute atomic E-state index is 13.3. The summed E-state index contributed by atoms with van der Waals surface area (Å²) < 4.78 is 7.30. The molecule has 0 saturated heterocycles. The number of ether oxygens (including phenoxy) is 1. The van der Waals surface area contributed by atoms with Crippen LogP contribution in [0.3, 0.4) is 0 Å². The van der Waals surface area contributed by atoms with Gasteiger partial charge in [0.15, 0.2) is 12.3 Å².